The summed E-state index contributed by atoms with van der Waals surface area (Å²) >= 11 is 2.20. The molecule has 3 aromatic rings. The number of aromatic nitrogens is 1. The number of carbonyl (C=O) groups excluding carboxylic acids is 1. The van der Waals surface area contributed by atoms with Crippen LogP contribution in [0.15, 0.2) is 59.5 Å². The number of nitrogens with zero attached hydrogens (tertiary/aromatic N) is 1. The average Bonchev–Trinajstić information content (AvgIpc) is 2.57. The molecule has 23 heavy (non-hydrogen) atoms. The van der Waals surface area contributed by atoms with Crippen molar-refractivity contribution in [3.05, 3.63) is 74.1 Å². The summed E-state index contributed by atoms with van der Waals surface area (Å²) in [5.41, 5.74) is 1.42. The molecule has 0 aliphatic heterocycles. The highest BCUT2D eigenvalue weighted by molar-refractivity contribution is 14.1. The number of esters is 1. The smallest absolute Gasteiger partial charge is 0.343 e. The average molecular weight is 419 g/mol. The Bertz CT molecular complexity index is 932. The van der Waals surface area contributed by atoms with E-state index in [0.717, 1.165) is 14.8 Å². The van der Waals surface area contributed by atoms with Crippen LogP contribution >= 0.6 is 22.6 Å². The van der Waals surface area contributed by atoms with Crippen molar-refractivity contribution in [1.82, 2.24) is 4.57 Å². The fraction of sp³-hybridized carbons (Fsp3) is 0.111. The Morgan fingerprint density at radius 1 is 1.13 bits per heavy atom. The van der Waals surface area contributed by atoms with Gasteiger partial charge in [-0.1, -0.05) is 24.3 Å². The maximum atomic E-state index is 12.7. The summed E-state index contributed by atoms with van der Waals surface area (Å²) in [6, 6.07) is 15.1. The summed E-state index contributed by atoms with van der Waals surface area (Å²) < 4.78 is 7.83. The second-order valence-corrected chi connectivity index (χ2v) is 6.10. The topological polar surface area (TPSA) is 48.3 Å². The Labute approximate surface area is 146 Å². The van der Waals surface area contributed by atoms with Crippen LogP contribution in [0, 0.1) is 3.57 Å². The molecule has 0 radical (unpaired) electrons. The fourth-order valence-corrected chi connectivity index (χ4v) is 3.25. The van der Waals surface area contributed by atoms with Crippen molar-refractivity contribution < 1.29 is 9.53 Å². The molecular weight excluding hydrogens is 405 g/mol. The van der Waals surface area contributed by atoms with Crippen molar-refractivity contribution in [2.24, 2.45) is 0 Å². The van der Waals surface area contributed by atoms with Crippen molar-refractivity contribution >= 4 is 39.5 Å². The first kappa shape index (κ1) is 15.7. The third-order valence-corrected chi connectivity index (χ3v) is 4.38. The molecule has 4 nitrogen and oxygen atoms in total. The molecule has 0 aliphatic rings. The highest BCUT2D eigenvalue weighted by atomic mass is 127. The summed E-state index contributed by atoms with van der Waals surface area (Å²) in [5.74, 6) is -0.594. The first-order valence-corrected chi connectivity index (χ1v) is 8.27. The lowest BCUT2D eigenvalue weighted by atomic mass is 10.1. The summed E-state index contributed by atoms with van der Waals surface area (Å²) in [7, 11) is 0. The SMILES string of the molecule is CCOC(=O)c1cn(-c2ccccc2)c2c(I)cccc2c1=O. The molecule has 0 saturated carbocycles. The maximum Gasteiger partial charge on any atom is 0.343 e. The second-order valence-electron chi connectivity index (χ2n) is 4.93. The van der Waals surface area contributed by atoms with E-state index in [-0.39, 0.29) is 17.6 Å². The molecule has 0 bridgehead atoms. The second kappa shape index (κ2) is 6.54. The number of pyridine rings is 1. The van der Waals surface area contributed by atoms with Crippen molar-refractivity contribution in [3.63, 3.8) is 0 Å². The monoisotopic (exact) mass is 419 g/mol. The molecule has 0 N–H and O–H groups in total. The number of fused-ring (bicyclic) bond motifs is 1. The molecule has 0 atom stereocenters. The predicted molar refractivity (Wildman–Crippen MR) is 98.2 cm³/mol. The molecule has 3 rings (SSSR count). The Balaban J connectivity index is 2.40. The first-order valence-electron chi connectivity index (χ1n) is 7.20. The van der Waals surface area contributed by atoms with E-state index in [0.29, 0.717) is 5.39 Å². The van der Waals surface area contributed by atoms with Crippen LogP contribution in [-0.2, 0) is 4.74 Å². The Kier molecular flexibility index (Phi) is 4.47. The molecule has 0 unspecified atom stereocenters. The van der Waals surface area contributed by atoms with Crippen molar-refractivity contribution in [1.29, 1.82) is 0 Å². The van der Waals surface area contributed by atoms with Gasteiger partial charge in [-0.15, -0.1) is 0 Å². The van der Waals surface area contributed by atoms with Gasteiger partial charge in [0, 0.05) is 20.8 Å². The highest BCUT2D eigenvalue weighted by Gasteiger charge is 2.18. The Morgan fingerprint density at radius 3 is 2.57 bits per heavy atom. The van der Waals surface area contributed by atoms with Crippen LogP contribution in [0.1, 0.15) is 17.3 Å². The number of halogens is 1. The zero-order valence-electron chi connectivity index (χ0n) is 12.5. The van der Waals surface area contributed by atoms with Crippen LogP contribution < -0.4 is 5.43 Å². The van der Waals surface area contributed by atoms with Gasteiger partial charge in [-0.3, -0.25) is 4.79 Å². The summed E-state index contributed by atoms with van der Waals surface area (Å²) in [6.45, 7) is 1.95. The highest BCUT2D eigenvalue weighted by Crippen LogP contribution is 2.22. The van der Waals surface area contributed by atoms with Crippen molar-refractivity contribution in [3.8, 4) is 5.69 Å². The summed E-state index contributed by atoms with van der Waals surface area (Å²) in [5, 5.41) is 0.506. The van der Waals surface area contributed by atoms with E-state index in [4.69, 9.17) is 4.74 Å². The number of ether oxygens (including phenoxy) is 1. The Morgan fingerprint density at radius 2 is 1.87 bits per heavy atom. The minimum absolute atomic E-state index is 0.0465. The van der Waals surface area contributed by atoms with E-state index >= 15 is 0 Å². The normalized spacial score (nSPS) is 10.7. The minimum atomic E-state index is -0.594. The lowest BCUT2D eigenvalue weighted by molar-refractivity contribution is 0.0524. The number of carbonyl (C=O) groups is 1. The van der Waals surface area contributed by atoms with E-state index in [1.807, 2.05) is 47.0 Å². The first-order chi connectivity index (χ1) is 11.1. The fourth-order valence-electron chi connectivity index (χ4n) is 2.49. The number of para-hydroxylation sites is 2. The molecule has 0 fully saturated rings. The van der Waals surface area contributed by atoms with Crippen LogP contribution in [0.5, 0.6) is 0 Å². The van der Waals surface area contributed by atoms with Gasteiger partial charge in [0.05, 0.1) is 12.1 Å². The molecule has 1 aromatic heterocycles. The van der Waals surface area contributed by atoms with Crippen LogP contribution in [-0.4, -0.2) is 17.1 Å². The molecule has 0 saturated heterocycles. The number of rotatable bonds is 3. The lowest BCUT2D eigenvalue weighted by Gasteiger charge is -2.14. The molecular formula is C18H14INO3. The van der Waals surface area contributed by atoms with Crippen LogP contribution in [0.2, 0.25) is 0 Å². The number of benzene rings is 2. The number of hydrogen-bond acceptors (Lipinski definition) is 3. The molecule has 2 aromatic carbocycles. The zero-order chi connectivity index (χ0) is 16.4. The van der Waals surface area contributed by atoms with Gasteiger partial charge in [-0.2, -0.15) is 0 Å². The third kappa shape index (κ3) is 2.88. The van der Waals surface area contributed by atoms with Crippen molar-refractivity contribution in [2.75, 3.05) is 6.61 Å². The molecule has 5 heteroatoms. The largest absolute Gasteiger partial charge is 0.462 e. The van der Waals surface area contributed by atoms with Gasteiger partial charge in [0.2, 0.25) is 5.43 Å². The van der Waals surface area contributed by atoms with Gasteiger partial charge in [0.1, 0.15) is 5.56 Å². The summed E-state index contributed by atoms with van der Waals surface area (Å²) in [4.78, 5) is 24.8. The minimum Gasteiger partial charge on any atom is -0.462 e. The van der Waals surface area contributed by atoms with E-state index < -0.39 is 5.97 Å². The van der Waals surface area contributed by atoms with Crippen LogP contribution in [0.3, 0.4) is 0 Å². The van der Waals surface area contributed by atoms with Gasteiger partial charge < -0.3 is 9.30 Å². The molecule has 1 heterocycles. The van der Waals surface area contributed by atoms with E-state index in [2.05, 4.69) is 22.6 Å². The van der Waals surface area contributed by atoms with Gasteiger partial charge in [0.25, 0.3) is 0 Å². The molecule has 0 amide bonds. The molecule has 0 aliphatic carbocycles. The van der Waals surface area contributed by atoms with Gasteiger partial charge in [0.15, 0.2) is 0 Å². The predicted octanol–water partition coefficient (Wildman–Crippen LogP) is 3.77. The van der Waals surface area contributed by atoms with Crippen molar-refractivity contribution in [2.45, 2.75) is 6.92 Å². The van der Waals surface area contributed by atoms with Gasteiger partial charge >= 0.3 is 5.97 Å². The van der Waals surface area contributed by atoms with Crippen LogP contribution in [0.4, 0.5) is 0 Å². The van der Waals surface area contributed by atoms with Gasteiger partial charge in [-0.25, -0.2) is 4.79 Å². The zero-order valence-corrected chi connectivity index (χ0v) is 14.6. The van der Waals surface area contributed by atoms with E-state index in [9.17, 15) is 9.59 Å². The third-order valence-electron chi connectivity index (χ3n) is 3.50. The quantitative estimate of drug-likeness (QED) is 0.480. The maximum absolute atomic E-state index is 12.7. The lowest BCUT2D eigenvalue weighted by Crippen LogP contribution is -2.21. The van der Waals surface area contributed by atoms with Crippen LogP contribution in [0.25, 0.3) is 16.6 Å². The Hall–Kier alpha value is -2.15. The number of hydrogen-bond donors (Lipinski definition) is 0. The van der Waals surface area contributed by atoms with Gasteiger partial charge in [-0.05, 0) is 53.8 Å². The molecule has 0 spiro atoms. The molecule has 116 valence electrons. The van der Waals surface area contributed by atoms with E-state index in [1.54, 1.807) is 19.2 Å². The summed E-state index contributed by atoms with van der Waals surface area (Å²) in [6.07, 6.45) is 1.57. The van der Waals surface area contributed by atoms with E-state index in [1.165, 1.54) is 0 Å². The standard InChI is InChI=1S/C18H14INO3/c1-2-23-18(22)14-11-20(12-7-4-3-5-8-12)16-13(17(14)21)9-6-10-15(16)19/h3-11H,2H2,1H3.